The second kappa shape index (κ2) is 7.45. The van der Waals surface area contributed by atoms with E-state index < -0.39 is 0 Å². The number of hydrogen-bond donors (Lipinski definition) is 2. The van der Waals surface area contributed by atoms with Crippen molar-refractivity contribution in [3.8, 4) is 5.75 Å². The van der Waals surface area contributed by atoms with E-state index >= 15 is 0 Å². The number of methoxy groups -OCH3 is 1. The van der Waals surface area contributed by atoms with Crippen molar-refractivity contribution in [3.63, 3.8) is 0 Å². The Morgan fingerprint density at radius 1 is 1.19 bits per heavy atom. The molecule has 4 nitrogen and oxygen atoms in total. The van der Waals surface area contributed by atoms with Gasteiger partial charge in [-0.05, 0) is 23.3 Å². The van der Waals surface area contributed by atoms with Crippen molar-refractivity contribution in [1.82, 2.24) is 5.32 Å². The Morgan fingerprint density at radius 3 is 2.62 bits per heavy atom. The number of aliphatic hydroxyl groups excluding tert-OH is 1. The molecule has 0 saturated carbocycles. The quantitative estimate of drug-likeness (QED) is 0.854. The summed E-state index contributed by atoms with van der Waals surface area (Å²) in [4.78, 5) is 12.1. The van der Waals surface area contributed by atoms with Gasteiger partial charge in [0.2, 0.25) is 5.91 Å². The molecule has 0 heterocycles. The first-order valence-electron chi connectivity index (χ1n) is 6.81. The van der Waals surface area contributed by atoms with Crippen molar-refractivity contribution < 1.29 is 14.6 Å². The monoisotopic (exact) mass is 285 g/mol. The van der Waals surface area contributed by atoms with Gasteiger partial charge in [0.1, 0.15) is 5.75 Å². The summed E-state index contributed by atoms with van der Waals surface area (Å²) in [6, 6.07) is 16.4. The summed E-state index contributed by atoms with van der Waals surface area (Å²) in [5, 5.41) is 12.3. The molecule has 21 heavy (non-hydrogen) atoms. The zero-order valence-electron chi connectivity index (χ0n) is 12.0. The fraction of sp³-hybridized carbons (Fsp3) is 0.235. The molecule has 2 aromatic rings. The molecule has 0 saturated heterocycles. The fourth-order valence-electron chi connectivity index (χ4n) is 2.13. The lowest BCUT2D eigenvalue weighted by Gasteiger charge is -2.16. The molecule has 0 aliphatic rings. The van der Waals surface area contributed by atoms with Crippen LogP contribution >= 0.6 is 0 Å². The Balaban J connectivity index is 2.00. The third-order valence-electron chi connectivity index (χ3n) is 3.22. The summed E-state index contributed by atoms with van der Waals surface area (Å²) in [5.74, 6) is 0.591. The highest BCUT2D eigenvalue weighted by molar-refractivity contribution is 5.79. The molecule has 1 unspecified atom stereocenters. The van der Waals surface area contributed by atoms with Crippen molar-refractivity contribution in [2.24, 2.45) is 0 Å². The maximum absolute atomic E-state index is 12.1. The van der Waals surface area contributed by atoms with E-state index in [2.05, 4.69) is 5.32 Å². The highest BCUT2D eigenvalue weighted by Crippen LogP contribution is 2.15. The minimum atomic E-state index is -0.385. The Hall–Kier alpha value is -2.33. The van der Waals surface area contributed by atoms with Gasteiger partial charge in [0, 0.05) is 0 Å². The van der Waals surface area contributed by atoms with Gasteiger partial charge < -0.3 is 15.2 Å². The van der Waals surface area contributed by atoms with Gasteiger partial charge in [0.25, 0.3) is 0 Å². The highest BCUT2D eigenvalue weighted by atomic mass is 16.5. The summed E-state index contributed by atoms with van der Waals surface area (Å²) >= 11 is 0. The largest absolute Gasteiger partial charge is 0.497 e. The van der Waals surface area contributed by atoms with Crippen LogP contribution in [0.2, 0.25) is 0 Å². The van der Waals surface area contributed by atoms with E-state index in [-0.39, 0.29) is 25.0 Å². The zero-order valence-corrected chi connectivity index (χ0v) is 12.0. The van der Waals surface area contributed by atoms with Crippen molar-refractivity contribution in [3.05, 3.63) is 65.7 Å². The third kappa shape index (κ3) is 4.33. The number of aliphatic hydroxyl groups is 1. The van der Waals surface area contributed by atoms with Gasteiger partial charge in [-0.25, -0.2) is 0 Å². The number of nitrogens with one attached hydrogen (secondary N) is 1. The van der Waals surface area contributed by atoms with Crippen LogP contribution in [-0.2, 0) is 11.2 Å². The molecular weight excluding hydrogens is 266 g/mol. The number of ether oxygens (including phenoxy) is 1. The molecule has 0 radical (unpaired) electrons. The van der Waals surface area contributed by atoms with E-state index in [9.17, 15) is 9.90 Å². The average Bonchev–Trinajstić information content (AvgIpc) is 2.53. The lowest BCUT2D eigenvalue weighted by Crippen LogP contribution is -2.31. The second-order valence-electron chi connectivity index (χ2n) is 4.74. The Morgan fingerprint density at radius 2 is 1.95 bits per heavy atom. The van der Waals surface area contributed by atoms with Crippen LogP contribution in [0, 0.1) is 0 Å². The van der Waals surface area contributed by atoms with E-state index in [1.165, 1.54) is 0 Å². The average molecular weight is 285 g/mol. The third-order valence-corrected chi connectivity index (χ3v) is 3.22. The molecule has 110 valence electrons. The predicted octanol–water partition coefficient (Wildman–Crippen LogP) is 2.09. The highest BCUT2D eigenvalue weighted by Gasteiger charge is 2.13. The van der Waals surface area contributed by atoms with Crippen LogP contribution in [-0.4, -0.2) is 24.7 Å². The van der Waals surface area contributed by atoms with Crippen molar-refractivity contribution in [1.29, 1.82) is 0 Å². The lowest BCUT2D eigenvalue weighted by molar-refractivity contribution is -0.121. The van der Waals surface area contributed by atoms with Gasteiger partial charge >= 0.3 is 0 Å². The van der Waals surface area contributed by atoms with Crippen molar-refractivity contribution in [2.75, 3.05) is 13.7 Å². The molecule has 4 heteroatoms. The topological polar surface area (TPSA) is 58.6 Å². The van der Waals surface area contributed by atoms with Gasteiger partial charge in [-0.3, -0.25) is 4.79 Å². The van der Waals surface area contributed by atoms with Crippen LogP contribution in [0.15, 0.2) is 54.6 Å². The standard InChI is InChI=1S/C17H19NO3/c1-21-15-9-5-6-13(10-15)11-17(20)18-16(12-19)14-7-3-2-4-8-14/h2-10,16,19H,11-12H2,1H3,(H,18,20). The maximum atomic E-state index is 12.1. The number of benzene rings is 2. The van der Waals surface area contributed by atoms with Gasteiger partial charge in [-0.1, -0.05) is 42.5 Å². The lowest BCUT2D eigenvalue weighted by atomic mass is 10.1. The smallest absolute Gasteiger partial charge is 0.224 e. The molecule has 1 atom stereocenters. The number of carbonyl (C=O) groups is 1. The van der Waals surface area contributed by atoms with Crippen LogP contribution < -0.4 is 10.1 Å². The fourth-order valence-corrected chi connectivity index (χ4v) is 2.13. The minimum absolute atomic E-state index is 0.131. The molecule has 0 spiro atoms. The van der Waals surface area contributed by atoms with Crippen LogP contribution in [0.25, 0.3) is 0 Å². The molecule has 0 aliphatic heterocycles. The molecule has 0 fully saturated rings. The van der Waals surface area contributed by atoms with Gasteiger partial charge in [0.05, 0.1) is 26.2 Å². The summed E-state index contributed by atoms with van der Waals surface area (Å²) in [7, 11) is 1.59. The normalized spacial score (nSPS) is 11.7. The molecule has 2 aromatic carbocycles. The van der Waals surface area contributed by atoms with Crippen molar-refractivity contribution >= 4 is 5.91 Å². The summed E-state index contributed by atoms with van der Waals surface area (Å²) in [5.41, 5.74) is 1.76. The summed E-state index contributed by atoms with van der Waals surface area (Å²) in [6.45, 7) is -0.131. The van der Waals surface area contributed by atoms with Crippen LogP contribution in [0.5, 0.6) is 5.75 Å². The van der Waals surface area contributed by atoms with Gasteiger partial charge in [-0.2, -0.15) is 0 Å². The molecule has 0 bridgehead atoms. The number of carbonyl (C=O) groups excluding carboxylic acids is 1. The molecule has 1 amide bonds. The Kier molecular flexibility index (Phi) is 5.35. The second-order valence-corrected chi connectivity index (χ2v) is 4.74. The van der Waals surface area contributed by atoms with Gasteiger partial charge in [-0.15, -0.1) is 0 Å². The van der Waals surface area contributed by atoms with E-state index in [1.54, 1.807) is 7.11 Å². The predicted molar refractivity (Wildman–Crippen MR) is 81.1 cm³/mol. The number of amides is 1. The zero-order chi connectivity index (χ0) is 15.1. The SMILES string of the molecule is COc1cccc(CC(=O)NC(CO)c2ccccc2)c1. The van der Waals surface area contributed by atoms with Gasteiger partial charge in [0.15, 0.2) is 0 Å². The Bertz CT molecular complexity index is 584. The molecule has 0 aromatic heterocycles. The number of rotatable bonds is 6. The van der Waals surface area contributed by atoms with Crippen LogP contribution in [0.1, 0.15) is 17.2 Å². The maximum Gasteiger partial charge on any atom is 0.224 e. The Labute approximate surface area is 124 Å². The minimum Gasteiger partial charge on any atom is -0.497 e. The number of hydrogen-bond acceptors (Lipinski definition) is 3. The van der Waals surface area contributed by atoms with E-state index in [1.807, 2.05) is 54.6 Å². The van der Waals surface area contributed by atoms with E-state index in [0.29, 0.717) is 0 Å². The van der Waals surface area contributed by atoms with Crippen LogP contribution in [0.3, 0.4) is 0 Å². The first-order valence-corrected chi connectivity index (χ1v) is 6.81. The van der Waals surface area contributed by atoms with Crippen LogP contribution in [0.4, 0.5) is 0 Å². The van der Waals surface area contributed by atoms with E-state index in [0.717, 1.165) is 16.9 Å². The van der Waals surface area contributed by atoms with E-state index in [4.69, 9.17) is 4.74 Å². The van der Waals surface area contributed by atoms with Crippen molar-refractivity contribution in [2.45, 2.75) is 12.5 Å². The molecule has 2 rings (SSSR count). The first kappa shape index (κ1) is 15.1. The molecule has 0 aliphatic carbocycles. The molecule has 2 N–H and O–H groups in total. The summed E-state index contributed by atoms with van der Waals surface area (Å²) in [6.07, 6.45) is 0.251. The first-order chi connectivity index (χ1) is 10.2. The molecular formula is C17H19NO3. The summed E-state index contributed by atoms with van der Waals surface area (Å²) < 4.78 is 5.14.